The molecule has 0 radical (unpaired) electrons. The number of hydrogen-bond acceptors (Lipinski definition) is 3. The average molecular weight is 702 g/mol. The van der Waals surface area contributed by atoms with E-state index < -0.39 is 0 Å². The number of nitrogens with zero attached hydrogens (tertiary/aromatic N) is 3. The third-order valence-electron chi connectivity index (χ3n) is 10.4. The van der Waals surface area contributed by atoms with Crippen molar-refractivity contribution in [3.8, 4) is 44.9 Å². The Labute approximate surface area is 320 Å². The first-order chi connectivity index (χ1) is 27.3. The topological polar surface area (TPSA) is 29.0 Å². The molecule has 0 aliphatic rings. The highest BCUT2D eigenvalue weighted by molar-refractivity contribution is 6.27. The summed E-state index contributed by atoms with van der Waals surface area (Å²) in [5.74, 6) is 0. The van der Waals surface area contributed by atoms with E-state index in [2.05, 4.69) is 211 Å². The van der Waals surface area contributed by atoms with Crippen LogP contribution in [-0.2, 0) is 0 Å². The smallest absolute Gasteiger partial charge is 0.0809 e. The van der Waals surface area contributed by atoms with E-state index in [-0.39, 0.29) is 0 Å². The molecule has 8 aromatic carbocycles. The minimum Gasteiger partial charge on any atom is -0.310 e. The van der Waals surface area contributed by atoms with Crippen molar-refractivity contribution in [1.82, 2.24) is 9.97 Å². The molecule has 0 aliphatic heterocycles. The zero-order valence-electron chi connectivity index (χ0n) is 30.0. The van der Waals surface area contributed by atoms with Crippen LogP contribution < -0.4 is 4.90 Å². The number of aromatic nitrogens is 2. The molecule has 10 rings (SSSR count). The Bertz CT molecular complexity index is 2850. The van der Waals surface area contributed by atoms with Crippen LogP contribution in [0, 0.1) is 0 Å². The van der Waals surface area contributed by atoms with Crippen LogP contribution in [0.5, 0.6) is 0 Å². The summed E-state index contributed by atoms with van der Waals surface area (Å²) in [6, 6.07) is 75.0. The van der Waals surface area contributed by atoms with Crippen LogP contribution in [0.1, 0.15) is 0 Å². The highest BCUT2D eigenvalue weighted by atomic mass is 15.1. The van der Waals surface area contributed by atoms with E-state index in [1.54, 1.807) is 0 Å². The lowest BCUT2D eigenvalue weighted by molar-refractivity contribution is 1.30. The number of rotatable bonds is 7. The molecule has 10 aromatic rings. The fraction of sp³-hybridized carbons (Fsp3) is 0. The van der Waals surface area contributed by atoms with Crippen LogP contribution in [0.15, 0.2) is 212 Å². The first-order valence-corrected chi connectivity index (χ1v) is 18.7. The van der Waals surface area contributed by atoms with Crippen LogP contribution in [0.3, 0.4) is 0 Å². The standard InChI is InChI=1S/C52H35N3/c1-6-18-36(19-7-1)41-33-47(37-20-8-2-9-21-37)53-48(34-41)40-30-31-46-45(32-40)50-44-29-17-16-24-39(44)35-49(51(50)52(54-46)38-22-10-3-11-23-38)55(42-25-12-4-13-26-42)43-27-14-5-15-28-43/h1-35H. The largest absolute Gasteiger partial charge is 0.310 e. The first kappa shape index (κ1) is 32.3. The van der Waals surface area contributed by atoms with Crippen LogP contribution in [0.25, 0.3) is 77.3 Å². The summed E-state index contributed by atoms with van der Waals surface area (Å²) in [7, 11) is 0. The lowest BCUT2D eigenvalue weighted by Gasteiger charge is -2.28. The molecule has 0 unspecified atom stereocenters. The van der Waals surface area contributed by atoms with Gasteiger partial charge in [-0.25, -0.2) is 9.97 Å². The van der Waals surface area contributed by atoms with E-state index in [1.807, 2.05) is 6.07 Å². The van der Waals surface area contributed by atoms with E-state index in [1.165, 1.54) is 5.39 Å². The third kappa shape index (κ3) is 5.98. The van der Waals surface area contributed by atoms with Gasteiger partial charge >= 0.3 is 0 Å². The monoisotopic (exact) mass is 701 g/mol. The Morgan fingerprint density at radius 1 is 0.327 bits per heavy atom. The molecule has 0 saturated heterocycles. The summed E-state index contributed by atoms with van der Waals surface area (Å²) in [6.45, 7) is 0. The summed E-state index contributed by atoms with van der Waals surface area (Å²) in [6.07, 6.45) is 0. The van der Waals surface area contributed by atoms with Crippen LogP contribution in [-0.4, -0.2) is 9.97 Å². The Hall–Kier alpha value is -7.36. The quantitative estimate of drug-likeness (QED) is 0.155. The fourth-order valence-corrected chi connectivity index (χ4v) is 7.82. The zero-order chi connectivity index (χ0) is 36.6. The molecule has 258 valence electrons. The maximum absolute atomic E-state index is 5.53. The van der Waals surface area contributed by atoms with Crippen molar-refractivity contribution >= 4 is 49.5 Å². The van der Waals surface area contributed by atoms with Crippen molar-refractivity contribution in [1.29, 1.82) is 0 Å². The second-order valence-electron chi connectivity index (χ2n) is 13.8. The van der Waals surface area contributed by atoms with Gasteiger partial charge in [-0.3, -0.25) is 0 Å². The molecule has 0 N–H and O–H groups in total. The van der Waals surface area contributed by atoms with Crippen molar-refractivity contribution < 1.29 is 0 Å². The van der Waals surface area contributed by atoms with Gasteiger partial charge in [0.2, 0.25) is 0 Å². The van der Waals surface area contributed by atoms with Gasteiger partial charge in [0, 0.05) is 44.2 Å². The second kappa shape index (κ2) is 13.9. The molecule has 0 bridgehead atoms. The molecule has 3 heteroatoms. The number of fused-ring (bicyclic) bond motifs is 5. The second-order valence-corrected chi connectivity index (χ2v) is 13.8. The van der Waals surface area contributed by atoms with E-state index >= 15 is 0 Å². The van der Waals surface area contributed by atoms with Gasteiger partial charge in [-0.2, -0.15) is 0 Å². The predicted molar refractivity (Wildman–Crippen MR) is 231 cm³/mol. The SMILES string of the molecule is c1ccc(-c2cc(-c3ccccc3)nc(-c3ccc4nc(-c5ccccc5)c5c(N(c6ccccc6)c6ccccc6)cc6ccccc6c5c4c3)c2)cc1. The number of pyridine rings is 2. The molecule has 0 amide bonds. The molecule has 0 fully saturated rings. The first-order valence-electron chi connectivity index (χ1n) is 18.7. The summed E-state index contributed by atoms with van der Waals surface area (Å²) >= 11 is 0. The number of hydrogen-bond donors (Lipinski definition) is 0. The molecule has 0 saturated carbocycles. The van der Waals surface area contributed by atoms with Crippen molar-refractivity contribution in [2.75, 3.05) is 4.90 Å². The van der Waals surface area contributed by atoms with Crippen molar-refractivity contribution in [2.24, 2.45) is 0 Å². The van der Waals surface area contributed by atoms with Crippen molar-refractivity contribution in [2.45, 2.75) is 0 Å². The van der Waals surface area contributed by atoms with Gasteiger partial charge in [-0.15, -0.1) is 0 Å². The van der Waals surface area contributed by atoms with Crippen molar-refractivity contribution in [3.63, 3.8) is 0 Å². The van der Waals surface area contributed by atoms with E-state index in [0.29, 0.717) is 0 Å². The molecule has 2 heterocycles. The van der Waals surface area contributed by atoms with Crippen LogP contribution in [0.2, 0.25) is 0 Å². The average Bonchev–Trinajstić information content (AvgIpc) is 3.27. The van der Waals surface area contributed by atoms with Gasteiger partial charge < -0.3 is 4.90 Å². The molecule has 0 aliphatic carbocycles. The minimum atomic E-state index is 0.915. The van der Waals surface area contributed by atoms with Gasteiger partial charge in [0.15, 0.2) is 0 Å². The summed E-state index contributed by atoms with van der Waals surface area (Å²) in [4.78, 5) is 13.2. The van der Waals surface area contributed by atoms with E-state index in [4.69, 9.17) is 9.97 Å². The van der Waals surface area contributed by atoms with Gasteiger partial charge in [0.25, 0.3) is 0 Å². The molecule has 3 nitrogen and oxygen atoms in total. The van der Waals surface area contributed by atoms with Gasteiger partial charge in [0.1, 0.15) is 0 Å². The number of para-hydroxylation sites is 2. The highest BCUT2D eigenvalue weighted by Crippen LogP contribution is 2.47. The molecule has 55 heavy (non-hydrogen) atoms. The van der Waals surface area contributed by atoms with E-state index in [9.17, 15) is 0 Å². The maximum atomic E-state index is 5.53. The Morgan fingerprint density at radius 3 is 1.49 bits per heavy atom. The lowest BCUT2D eigenvalue weighted by Crippen LogP contribution is -2.11. The van der Waals surface area contributed by atoms with Crippen LogP contribution in [0.4, 0.5) is 17.1 Å². The Balaban J connectivity index is 1.31. The number of benzene rings is 8. The predicted octanol–water partition coefficient (Wildman–Crippen LogP) is 14.1. The highest BCUT2D eigenvalue weighted by Gasteiger charge is 2.23. The summed E-state index contributed by atoms with van der Waals surface area (Å²) < 4.78 is 0. The van der Waals surface area contributed by atoms with Gasteiger partial charge in [-0.05, 0) is 76.5 Å². The minimum absolute atomic E-state index is 0.915. The van der Waals surface area contributed by atoms with E-state index in [0.717, 1.165) is 89.0 Å². The van der Waals surface area contributed by atoms with Crippen LogP contribution >= 0.6 is 0 Å². The molecular formula is C52H35N3. The normalized spacial score (nSPS) is 11.3. The molecule has 0 atom stereocenters. The third-order valence-corrected chi connectivity index (χ3v) is 10.4. The molecule has 2 aromatic heterocycles. The van der Waals surface area contributed by atoms with Crippen molar-refractivity contribution in [3.05, 3.63) is 212 Å². The van der Waals surface area contributed by atoms with Gasteiger partial charge in [-0.1, -0.05) is 158 Å². The summed E-state index contributed by atoms with van der Waals surface area (Å²) in [5, 5.41) is 5.69. The lowest BCUT2D eigenvalue weighted by atomic mass is 9.92. The summed E-state index contributed by atoms with van der Waals surface area (Å²) in [5.41, 5.74) is 12.4. The Kier molecular flexibility index (Phi) is 8.16. The molecule has 0 spiro atoms. The number of anilines is 3. The maximum Gasteiger partial charge on any atom is 0.0809 e. The fourth-order valence-electron chi connectivity index (χ4n) is 7.82. The van der Waals surface area contributed by atoms with Gasteiger partial charge in [0.05, 0.1) is 28.3 Å². The Morgan fingerprint density at radius 2 is 0.855 bits per heavy atom. The zero-order valence-corrected chi connectivity index (χ0v) is 30.0. The molecular weight excluding hydrogens is 667 g/mol.